The number of para-hydroxylation sites is 1. The van der Waals surface area contributed by atoms with Crippen LogP contribution in [0.4, 0.5) is 0 Å². The van der Waals surface area contributed by atoms with Gasteiger partial charge in [0.1, 0.15) is 23.8 Å². The molecule has 25 heavy (non-hydrogen) atoms. The van der Waals surface area contributed by atoms with Crippen LogP contribution in [-0.2, 0) is 13.0 Å². The van der Waals surface area contributed by atoms with Crippen molar-refractivity contribution in [3.8, 4) is 5.75 Å². The predicted octanol–water partition coefficient (Wildman–Crippen LogP) is 6.10. The summed E-state index contributed by atoms with van der Waals surface area (Å²) in [5.41, 5.74) is 2.15. The lowest BCUT2D eigenvalue weighted by atomic mass is 9.82. The van der Waals surface area contributed by atoms with E-state index in [1.165, 1.54) is 50.5 Å². The molecule has 3 rings (SSSR count). The van der Waals surface area contributed by atoms with E-state index in [0.29, 0.717) is 6.61 Å². The summed E-state index contributed by atoms with van der Waals surface area (Å²) < 4.78 is 11.1. The molecule has 1 unspecified atom stereocenters. The fourth-order valence-corrected chi connectivity index (χ4v) is 4.00. The molecule has 1 fully saturated rings. The van der Waals surface area contributed by atoms with Crippen LogP contribution in [0, 0.1) is 18.8 Å². The summed E-state index contributed by atoms with van der Waals surface area (Å²) in [5, 5.41) is 4.00. The van der Waals surface area contributed by atoms with E-state index < -0.39 is 0 Å². The molecular weight excluding hydrogens is 310 g/mol. The van der Waals surface area contributed by atoms with E-state index >= 15 is 0 Å². The predicted molar refractivity (Wildman–Crippen MR) is 101 cm³/mol. The lowest BCUT2D eigenvalue weighted by molar-refractivity contribution is 0.279. The topological polar surface area (TPSA) is 35.3 Å². The zero-order chi connectivity index (χ0) is 17.5. The van der Waals surface area contributed by atoms with Crippen molar-refractivity contribution >= 4 is 0 Å². The van der Waals surface area contributed by atoms with Gasteiger partial charge in [-0.05, 0) is 49.7 Å². The molecule has 1 atom stereocenters. The molecule has 3 nitrogen and oxygen atoms in total. The van der Waals surface area contributed by atoms with Crippen molar-refractivity contribution in [2.75, 3.05) is 0 Å². The minimum absolute atomic E-state index is 0.464. The Bertz CT molecular complexity index is 643. The van der Waals surface area contributed by atoms with Gasteiger partial charge in [0, 0.05) is 6.07 Å². The Morgan fingerprint density at radius 3 is 2.76 bits per heavy atom. The number of ether oxygens (including phenoxy) is 1. The van der Waals surface area contributed by atoms with E-state index in [1.807, 2.05) is 19.1 Å². The zero-order valence-corrected chi connectivity index (χ0v) is 15.7. The third-order valence-electron chi connectivity index (χ3n) is 5.39. The largest absolute Gasteiger partial charge is 0.487 e. The highest BCUT2D eigenvalue weighted by atomic mass is 16.5. The highest BCUT2D eigenvalue weighted by Crippen LogP contribution is 2.31. The summed E-state index contributed by atoms with van der Waals surface area (Å²) in [6, 6.07) is 10.3. The first-order chi connectivity index (χ1) is 12.2. The lowest BCUT2D eigenvalue weighted by Crippen LogP contribution is -2.11. The molecule has 0 aliphatic heterocycles. The van der Waals surface area contributed by atoms with Crippen LogP contribution in [0.25, 0.3) is 0 Å². The first-order valence-electron chi connectivity index (χ1n) is 9.83. The van der Waals surface area contributed by atoms with Gasteiger partial charge in [-0.3, -0.25) is 0 Å². The second kappa shape index (κ2) is 9.07. The Balaban J connectivity index is 1.49. The van der Waals surface area contributed by atoms with Crippen LogP contribution in [0.5, 0.6) is 5.75 Å². The van der Waals surface area contributed by atoms with Crippen LogP contribution in [0.3, 0.4) is 0 Å². The van der Waals surface area contributed by atoms with Crippen LogP contribution in [0.2, 0.25) is 0 Å². The van der Waals surface area contributed by atoms with Gasteiger partial charge in [-0.15, -0.1) is 0 Å². The number of aromatic nitrogens is 1. The maximum Gasteiger partial charge on any atom is 0.134 e. The maximum absolute atomic E-state index is 6.00. The molecule has 2 aromatic rings. The van der Waals surface area contributed by atoms with Crippen molar-refractivity contribution in [1.82, 2.24) is 5.16 Å². The molecule has 1 aliphatic carbocycles. The normalized spacial score (nSPS) is 16.7. The van der Waals surface area contributed by atoms with Gasteiger partial charge in [-0.25, -0.2) is 0 Å². The van der Waals surface area contributed by atoms with Crippen LogP contribution < -0.4 is 4.74 Å². The molecule has 1 aromatic carbocycles. The summed E-state index contributed by atoms with van der Waals surface area (Å²) in [5.74, 6) is 3.55. The van der Waals surface area contributed by atoms with E-state index in [1.54, 1.807) is 0 Å². The molecule has 1 heterocycles. The molecule has 1 aromatic heterocycles. The Morgan fingerprint density at radius 2 is 2.00 bits per heavy atom. The second-order valence-corrected chi connectivity index (χ2v) is 7.71. The molecule has 0 radical (unpaired) electrons. The fourth-order valence-electron chi connectivity index (χ4n) is 4.00. The summed E-state index contributed by atoms with van der Waals surface area (Å²) in [4.78, 5) is 0. The van der Waals surface area contributed by atoms with Gasteiger partial charge < -0.3 is 9.26 Å². The molecule has 0 spiro atoms. The maximum atomic E-state index is 6.00. The van der Waals surface area contributed by atoms with Gasteiger partial charge >= 0.3 is 0 Å². The number of hydrogen-bond donors (Lipinski definition) is 0. The molecule has 0 N–H and O–H groups in total. The van der Waals surface area contributed by atoms with Gasteiger partial charge in [0.25, 0.3) is 0 Å². The minimum Gasteiger partial charge on any atom is -0.487 e. The zero-order valence-electron chi connectivity index (χ0n) is 15.7. The first kappa shape index (κ1) is 18.0. The number of nitrogens with zero attached hydrogens (tertiary/aromatic N) is 1. The van der Waals surface area contributed by atoms with Gasteiger partial charge in [-0.2, -0.15) is 0 Å². The quantitative estimate of drug-likeness (QED) is 0.582. The number of aryl methyl sites for hydroxylation is 2. The Morgan fingerprint density at radius 1 is 1.20 bits per heavy atom. The molecule has 3 heteroatoms. The lowest BCUT2D eigenvalue weighted by Gasteiger charge is -2.24. The van der Waals surface area contributed by atoms with Crippen molar-refractivity contribution in [2.24, 2.45) is 11.8 Å². The van der Waals surface area contributed by atoms with Crippen LogP contribution in [0.15, 0.2) is 34.9 Å². The highest BCUT2D eigenvalue weighted by molar-refractivity contribution is 5.33. The van der Waals surface area contributed by atoms with Gasteiger partial charge in [0.05, 0.1) is 0 Å². The minimum atomic E-state index is 0.464. The summed E-state index contributed by atoms with van der Waals surface area (Å²) in [6.07, 6.45) is 10.9. The van der Waals surface area contributed by atoms with E-state index in [9.17, 15) is 0 Å². The fraction of sp³-hybridized carbons (Fsp3) is 0.591. The van der Waals surface area contributed by atoms with Crippen LogP contribution >= 0.6 is 0 Å². The van der Waals surface area contributed by atoms with Gasteiger partial charge in [0.2, 0.25) is 0 Å². The molecule has 1 aliphatic rings. The Kier molecular flexibility index (Phi) is 6.55. The van der Waals surface area contributed by atoms with Gasteiger partial charge in [-0.1, -0.05) is 62.4 Å². The van der Waals surface area contributed by atoms with E-state index in [4.69, 9.17) is 9.26 Å². The number of rotatable bonds is 8. The monoisotopic (exact) mass is 341 g/mol. The molecule has 1 saturated carbocycles. The van der Waals surface area contributed by atoms with E-state index in [-0.39, 0.29) is 0 Å². The van der Waals surface area contributed by atoms with Crippen molar-refractivity contribution in [2.45, 2.75) is 71.8 Å². The summed E-state index contributed by atoms with van der Waals surface area (Å²) in [6.45, 7) is 4.78. The van der Waals surface area contributed by atoms with Gasteiger partial charge in [0.15, 0.2) is 0 Å². The van der Waals surface area contributed by atoms with Crippen molar-refractivity contribution in [1.29, 1.82) is 0 Å². The molecule has 0 bridgehead atoms. The first-order valence-corrected chi connectivity index (χ1v) is 9.83. The molecule has 0 saturated heterocycles. The molecule has 0 amide bonds. The average Bonchev–Trinajstić information content (AvgIpc) is 3.05. The second-order valence-electron chi connectivity index (χ2n) is 7.71. The van der Waals surface area contributed by atoms with Crippen LogP contribution in [0.1, 0.15) is 68.9 Å². The van der Waals surface area contributed by atoms with Crippen molar-refractivity contribution in [3.05, 3.63) is 47.3 Å². The van der Waals surface area contributed by atoms with Crippen molar-refractivity contribution < 1.29 is 9.26 Å². The summed E-state index contributed by atoms with van der Waals surface area (Å²) in [7, 11) is 0. The number of benzene rings is 1. The SMILES string of the molecule is Cc1cc(COc2ccccc2CCC(C)CC2CCCCC2)no1. The van der Waals surface area contributed by atoms with Crippen LogP contribution in [-0.4, -0.2) is 5.16 Å². The Hall–Kier alpha value is -1.77. The van der Waals surface area contributed by atoms with E-state index in [2.05, 4.69) is 30.3 Å². The molecule has 136 valence electrons. The van der Waals surface area contributed by atoms with Crippen molar-refractivity contribution in [3.63, 3.8) is 0 Å². The van der Waals surface area contributed by atoms with E-state index in [0.717, 1.165) is 35.5 Å². The standard InChI is InChI=1S/C22H31NO2/c1-17(14-19-8-4-3-5-9-19)12-13-20-10-6-7-11-22(20)24-16-21-15-18(2)25-23-21/h6-7,10-11,15,17,19H,3-5,8-9,12-14,16H2,1-2H3. The third kappa shape index (κ3) is 5.62. The highest BCUT2D eigenvalue weighted by Gasteiger charge is 2.17. The molecular formula is C22H31NO2. The Labute approximate surface area is 151 Å². The average molecular weight is 341 g/mol. The summed E-state index contributed by atoms with van der Waals surface area (Å²) >= 11 is 0. The third-order valence-corrected chi connectivity index (χ3v) is 5.39. The smallest absolute Gasteiger partial charge is 0.134 e. The number of hydrogen-bond acceptors (Lipinski definition) is 3.